The third-order valence-corrected chi connectivity index (χ3v) is 4.02. The van der Waals surface area contributed by atoms with Crippen LogP contribution in [0, 0.1) is 5.82 Å². The number of urea groups is 1. The highest BCUT2D eigenvalue weighted by molar-refractivity contribution is 5.89. The van der Waals surface area contributed by atoms with E-state index in [2.05, 4.69) is 16.0 Å². The van der Waals surface area contributed by atoms with E-state index in [1.165, 1.54) is 25.3 Å². The number of carbonyl (C=O) groups excluding carboxylic acids is 2. The minimum Gasteiger partial charge on any atom is -0.388 e. The number of rotatable bonds is 8. The standard InChI is InChI=1S/C17H24FN3O6/c1-26-6-5-19-14(22)8-12-15(23)16(24)13(27-12)9-20-17(25)21-11-4-2-3-10(18)7-11/h2-4,7,12-13,15-16,23-24H,5-6,8-9H2,1H3,(H,19,22)(H2,20,21,25). The van der Waals surface area contributed by atoms with E-state index < -0.39 is 36.3 Å². The minimum absolute atomic E-state index is 0.0961. The van der Waals surface area contributed by atoms with Gasteiger partial charge in [0.2, 0.25) is 5.91 Å². The van der Waals surface area contributed by atoms with Gasteiger partial charge in [0.05, 0.1) is 19.1 Å². The molecule has 1 aliphatic rings. The second-order valence-electron chi connectivity index (χ2n) is 6.09. The summed E-state index contributed by atoms with van der Waals surface area (Å²) in [5.41, 5.74) is 0.269. The van der Waals surface area contributed by atoms with Crippen LogP contribution in [0.4, 0.5) is 14.9 Å². The van der Waals surface area contributed by atoms with Gasteiger partial charge >= 0.3 is 6.03 Å². The number of amides is 3. The van der Waals surface area contributed by atoms with Crippen LogP contribution in [0.5, 0.6) is 0 Å². The van der Waals surface area contributed by atoms with Gasteiger partial charge in [-0.1, -0.05) is 6.07 Å². The maximum absolute atomic E-state index is 13.1. The molecule has 0 aromatic heterocycles. The molecule has 1 aromatic carbocycles. The molecule has 9 nitrogen and oxygen atoms in total. The van der Waals surface area contributed by atoms with Gasteiger partial charge in [-0.25, -0.2) is 9.18 Å². The third kappa shape index (κ3) is 6.43. The number of halogens is 1. The van der Waals surface area contributed by atoms with Crippen molar-refractivity contribution in [2.45, 2.75) is 30.8 Å². The van der Waals surface area contributed by atoms with Crippen molar-refractivity contribution in [2.24, 2.45) is 0 Å². The first-order valence-corrected chi connectivity index (χ1v) is 8.48. The van der Waals surface area contributed by atoms with Crippen molar-refractivity contribution in [1.82, 2.24) is 10.6 Å². The second-order valence-corrected chi connectivity index (χ2v) is 6.09. The summed E-state index contributed by atoms with van der Waals surface area (Å²) in [6.45, 7) is 0.586. The Morgan fingerprint density at radius 2 is 1.96 bits per heavy atom. The van der Waals surface area contributed by atoms with Crippen LogP contribution < -0.4 is 16.0 Å². The quantitative estimate of drug-likeness (QED) is 0.387. The summed E-state index contributed by atoms with van der Waals surface area (Å²) in [5, 5.41) is 27.6. The molecule has 1 aliphatic heterocycles. The maximum atomic E-state index is 13.1. The molecular formula is C17H24FN3O6. The van der Waals surface area contributed by atoms with Gasteiger partial charge in [0.15, 0.2) is 0 Å². The Balaban J connectivity index is 1.77. The van der Waals surface area contributed by atoms with Crippen LogP contribution in [0.15, 0.2) is 24.3 Å². The van der Waals surface area contributed by atoms with Crippen molar-refractivity contribution in [3.63, 3.8) is 0 Å². The molecule has 0 spiro atoms. The average molecular weight is 385 g/mol. The van der Waals surface area contributed by atoms with Gasteiger partial charge in [-0.2, -0.15) is 0 Å². The van der Waals surface area contributed by atoms with E-state index in [0.717, 1.165) is 6.07 Å². The molecule has 1 aromatic rings. The number of aliphatic hydroxyl groups is 2. The monoisotopic (exact) mass is 385 g/mol. The summed E-state index contributed by atoms with van der Waals surface area (Å²) in [4.78, 5) is 23.6. The molecule has 4 atom stereocenters. The lowest BCUT2D eigenvalue weighted by Crippen LogP contribution is -2.41. The van der Waals surface area contributed by atoms with E-state index in [4.69, 9.17) is 9.47 Å². The van der Waals surface area contributed by atoms with Gasteiger partial charge in [0.1, 0.15) is 24.1 Å². The molecule has 0 radical (unpaired) electrons. The average Bonchev–Trinajstić information content (AvgIpc) is 2.88. The topological polar surface area (TPSA) is 129 Å². The van der Waals surface area contributed by atoms with Crippen LogP contribution in [0.2, 0.25) is 0 Å². The molecule has 0 bridgehead atoms. The van der Waals surface area contributed by atoms with Crippen LogP contribution >= 0.6 is 0 Å². The van der Waals surface area contributed by atoms with Crippen molar-refractivity contribution in [2.75, 3.05) is 32.1 Å². The number of hydrogen-bond acceptors (Lipinski definition) is 6. The predicted molar refractivity (Wildman–Crippen MR) is 93.6 cm³/mol. The zero-order valence-electron chi connectivity index (χ0n) is 14.9. The first kappa shape index (κ1) is 21.0. The Morgan fingerprint density at radius 3 is 2.67 bits per heavy atom. The Bertz CT molecular complexity index is 647. The molecule has 1 fully saturated rings. The summed E-state index contributed by atoms with van der Waals surface area (Å²) < 4.78 is 23.4. The van der Waals surface area contributed by atoms with Crippen LogP contribution in [0.1, 0.15) is 6.42 Å². The summed E-state index contributed by atoms with van der Waals surface area (Å²) in [7, 11) is 1.51. The summed E-state index contributed by atoms with van der Waals surface area (Å²) in [6.07, 6.45) is -4.41. The first-order chi connectivity index (χ1) is 12.9. The van der Waals surface area contributed by atoms with Crippen molar-refractivity contribution < 1.29 is 33.7 Å². The van der Waals surface area contributed by atoms with E-state index >= 15 is 0 Å². The molecule has 4 unspecified atom stereocenters. The number of benzene rings is 1. The Hall–Kier alpha value is -2.27. The van der Waals surface area contributed by atoms with E-state index in [-0.39, 0.29) is 24.6 Å². The Morgan fingerprint density at radius 1 is 1.22 bits per heavy atom. The SMILES string of the molecule is COCCNC(=O)CC1OC(CNC(=O)Nc2cccc(F)c2)C(O)C1O. The van der Waals surface area contributed by atoms with E-state index in [0.29, 0.717) is 13.2 Å². The zero-order valence-corrected chi connectivity index (χ0v) is 14.9. The van der Waals surface area contributed by atoms with Crippen molar-refractivity contribution in [3.05, 3.63) is 30.1 Å². The number of ether oxygens (including phenoxy) is 2. The first-order valence-electron chi connectivity index (χ1n) is 8.48. The third-order valence-electron chi connectivity index (χ3n) is 4.02. The van der Waals surface area contributed by atoms with Crippen LogP contribution in [0.3, 0.4) is 0 Å². The number of carbonyl (C=O) groups is 2. The van der Waals surface area contributed by atoms with Gasteiger partial charge in [-0.15, -0.1) is 0 Å². The van der Waals surface area contributed by atoms with E-state index in [1.54, 1.807) is 0 Å². The number of hydrogen-bond donors (Lipinski definition) is 5. The highest BCUT2D eigenvalue weighted by Gasteiger charge is 2.43. The molecule has 3 amide bonds. The lowest BCUT2D eigenvalue weighted by molar-refractivity contribution is -0.125. The van der Waals surface area contributed by atoms with E-state index in [1.807, 2.05) is 0 Å². The number of nitrogens with one attached hydrogen (secondary N) is 3. The number of anilines is 1. The zero-order chi connectivity index (χ0) is 19.8. The second kappa shape index (κ2) is 10.2. The van der Waals surface area contributed by atoms with Crippen LogP contribution in [-0.2, 0) is 14.3 Å². The predicted octanol–water partition coefficient (Wildman–Crippen LogP) is -0.411. The summed E-state index contributed by atoms with van der Waals surface area (Å²) in [6, 6.07) is 4.76. The largest absolute Gasteiger partial charge is 0.388 e. The molecule has 0 aliphatic carbocycles. The van der Waals surface area contributed by atoms with Crippen molar-refractivity contribution in [1.29, 1.82) is 0 Å². The molecule has 27 heavy (non-hydrogen) atoms. The summed E-state index contributed by atoms with van der Waals surface area (Å²) >= 11 is 0. The molecule has 2 rings (SSSR count). The minimum atomic E-state index is -1.25. The number of methoxy groups -OCH3 is 1. The summed E-state index contributed by atoms with van der Waals surface area (Å²) in [5.74, 6) is -0.835. The smallest absolute Gasteiger partial charge is 0.319 e. The van der Waals surface area contributed by atoms with Crippen LogP contribution in [0.25, 0.3) is 0 Å². The fourth-order valence-corrected chi connectivity index (χ4v) is 2.65. The van der Waals surface area contributed by atoms with Crippen LogP contribution in [-0.4, -0.2) is 73.4 Å². The van der Waals surface area contributed by atoms with Gasteiger partial charge in [0, 0.05) is 25.9 Å². The molecule has 150 valence electrons. The van der Waals surface area contributed by atoms with Gasteiger partial charge in [0.25, 0.3) is 0 Å². The fraction of sp³-hybridized carbons (Fsp3) is 0.529. The van der Waals surface area contributed by atoms with Gasteiger partial charge < -0.3 is 35.6 Å². The lowest BCUT2D eigenvalue weighted by Gasteiger charge is -2.15. The normalized spacial score (nSPS) is 24.4. The molecule has 10 heteroatoms. The Labute approximate surface area is 155 Å². The van der Waals surface area contributed by atoms with Crippen molar-refractivity contribution >= 4 is 17.6 Å². The highest BCUT2D eigenvalue weighted by atomic mass is 19.1. The fourth-order valence-electron chi connectivity index (χ4n) is 2.65. The molecule has 1 saturated heterocycles. The maximum Gasteiger partial charge on any atom is 0.319 e. The van der Waals surface area contributed by atoms with E-state index in [9.17, 15) is 24.2 Å². The van der Waals surface area contributed by atoms with Gasteiger partial charge in [-0.3, -0.25) is 4.79 Å². The highest BCUT2D eigenvalue weighted by Crippen LogP contribution is 2.23. The lowest BCUT2D eigenvalue weighted by atomic mass is 10.1. The molecule has 5 N–H and O–H groups in total. The Kier molecular flexibility index (Phi) is 7.92. The van der Waals surface area contributed by atoms with Crippen molar-refractivity contribution in [3.8, 4) is 0 Å². The molecule has 0 saturated carbocycles. The molecule has 1 heterocycles. The number of aliphatic hydroxyl groups excluding tert-OH is 2. The van der Waals surface area contributed by atoms with Gasteiger partial charge in [-0.05, 0) is 18.2 Å². The molecular weight excluding hydrogens is 361 g/mol.